The minimum absolute atomic E-state index is 0.315. The van der Waals surface area contributed by atoms with E-state index in [1.807, 2.05) is 13.8 Å². The third-order valence-electron chi connectivity index (χ3n) is 2.28. The molecule has 13 heavy (non-hydrogen) atoms. The van der Waals surface area contributed by atoms with Crippen LogP contribution in [0, 0.1) is 0 Å². The summed E-state index contributed by atoms with van der Waals surface area (Å²) in [7, 11) is 0. The fourth-order valence-electron chi connectivity index (χ4n) is 1.67. The highest BCUT2D eigenvalue weighted by molar-refractivity contribution is 4.97. The van der Waals surface area contributed by atoms with Gasteiger partial charge in [-0.15, -0.1) is 0 Å². The van der Waals surface area contributed by atoms with E-state index >= 15 is 0 Å². The Labute approximate surface area is 80.9 Å². The van der Waals surface area contributed by atoms with Crippen molar-refractivity contribution in [1.82, 2.24) is 0 Å². The maximum Gasteiger partial charge on any atom is 0.0756 e. The molecule has 2 heteroatoms. The van der Waals surface area contributed by atoms with Crippen molar-refractivity contribution in [3.8, 4) is 0 Å². The molecule has 1 aliphatic rings. The number of rotatable bonds is 4. The second-order valence-corrected chi connectivity index (χ2v) is 3.30. The normalized spacial score (nSPS) is 28.8. The molecule has 0 saturated heterocycles. The van der Waals surface area contributed by atoms with Crippen molar-refractivity contribution in [2.24, 2.45) is 0 Å². The lowest BCUT2D eigenvalue weighted by Gasteiger charge is -2.09. The Bertz CT molecular complexity index is 138. The average Bonchev–Trinajstić information content (AvgIpc) is 2.33. The molecular formula is C11H20O2. The monoisotopic (exact) mass is 184 g/mol. The summed E-state index contributed by atoms with van der Waals surface area (Å²) >= 11 is 0. The van der Waals surface area contributed by atoms with Gasteiger partial charge < -0.3 is 9.47 Å². The van der Waals surface area contributed by atoms with Crippen molar-refractivity contribution in [3.63, 3.8) is 0 Å². The maximum atomic E-state index is 5.55. The molecule has 0 bridgehead atoms. The smallest absolute Gasteiger partial charge is 0.0756 e. The lowest BCUT2D eigenvalue weighted by molar-refractivity contribution is 0.0821. The van der Waals surface area contributed by atoms with Crippen LogP contribution >= 0.6 is 0 Å². The van der Waals surface area contributed by atoms with Crippen LogP contribution in [0.15, 0.2) is 12.2 Å². The summed E-state index contributed by atoms with van der Waals surface area (Å²) < 4.78 is 11.1. The van der Waals surface area contributed by atoms with Crippen LogP contribution in [0.25, 0.3) is 0 Å². The highest BCUT2D eigenvalue weighted by Crippen LogP contribution is 2.16. The van der Waals surface area contributed by atoms with Gasteiger partial charge in [0, 0.05) is 13.2 Å². The Morgan fingerprint density at radius 3 is 1.85 bits per heavy atom. The highest BCUT2D eigenvalue weighted by Gasteiger charge is 2.12. The Hall–Kier alpha value is -0.340. The third kappa shape index (κ3) is 3.92. The Balaban J connectivity index is 2.35. The third-order valence-corrected chi connectivity index (χ3v) is 2.28. The standard InChI is InChI=1S/C11H20O2/c1-3-12-10-6-5-7-11(9-8-10)13-4-2/h8-11H,3-7H2,1-2H3/t10-,11+. The first kappa shape index (κ1) is 10.7. The summed E-state index contributed by atoms with van der Waals surface area (Å²) in [5.74, 6) is 0. The quantitative estimate of drug-likeness (QED) is 0.625. The maximum absolute atomic E-state index is 5.55. The molecule has 0 amide bonds. The molecule has 2 atom stereocenters. The van der Waals surface area contributed by atoms with E-state index in [9.17, 15) is 0 Å². The number of hydrogen-bond donors (Lipinski definition) is 0. The molecule has 0 unspecified atom stereocenters. The minimum atomic E-state index is 0.315. The summed E-state index contributed by atoms with van der Waals surface area (Å²) in [6.07, 6.45) is 8.39. The Kier molecular flexibility index (Phi) is 5.09. The van der Waals surface area contributed by atoms with E-state index in [1.54, 1.807) is 0 Å². The first-order chi connectivity index (χ1) is 6.36. The predicted molar refractivity (Wildman–Crippen MR) is 53.8 cm³/mol. The average molecular weight is 184 g/mol. The number of hydrogen-bond acceptors (Lipinski definition) is 2. The van der Waals surface area contributed by atoms with Gasteiger partial charge in [-0.2, -0.15) is 0 Å². The SMILES string of the molecule is CCO[C@@H]1C=C[C@H](OCC)CCC1. The van der Waals surface area contributed by atoms with Gasteiger partial charge in [-0.3, -0.25) is 0 Å². The van der Waals surface area contributed by atoms with Gasteiger partial charge in [0.15, 0.2) is 0 Å². The minimum Gasteiger partial charge on any atom is -0.374 e. The fourth-order valence-corrected chi connectivity index (χ4v) is 1.67. The molecular weight excluding hydrogens is 164 g/mol. The molecule has 0 aromatic carbocycles. The summed E-state index contributed by atoms with van der Waals surface area (Å²) in [5, 5.41) is 0. The second kappa shape index (κ2) is 6.17. The van der Waals surface area contributed by atoms with E-state index in [-0.39, 0.29) is 0 Å². The summed E-state index contributed by atoms with van der Waals surface area (Å²) in [6.45, 7) is 5.68. The second-order valence-electron chi connectivity index (χ2n) is 3.30. The van der Waals surface area contributed by atoms with E-state index in [0.717, 1.165) is 26.1 Å². The lowest BCUT2D eigenvalue weighted by Crippen LogP contribution is -2.08. The van der Waals surface area contributed by atoms with Gasteiger partial charge in [-0.1, -0.05) is 12.2 Å². The van der Waals surface area contributed by atoms with Gasteiger partial charge in [0.05, 0.1) is 12.2 Å². The fraction of sp³-hybridized carbons (Fsp3) is 0.818. The first-order valence-corrected chi connectivity index (χ1v) is 5.28. The van der Waals surface area contributed by atoms with Crippen LogP contribution in [0.4, 0.5) is 0 Å². The Morgan fingerprint density at radius 2 is 1.46 bits per heavy atom. The predicted octanol–water partition coefficient (Wildman–Crippen LogP) is 2.54. The topological polar surface area (TPSA) is 18.5 Å². The van der Waals surface area contributed by atoms with Crippen molar-refractivity contribution in [3.05, 3.63) is 12.2 Å². The molecule has 1 rings (SSSR count). The van der Waals surface area contributed by atoms with E-state index < -0.39 is 0 Å². The van der Waals surface area contributed by atoms with E-state index in [0.29, 0.717) is 12.2 Å². The van der Waals surface area contributed by atoms with Crippen molar-refractivity contribution >= 4 is 0 Å². The van der Waals surface area contributed by atoms with Gasteiger partial charge in [0.25, 0.3) is 0 Å². The zero-order valence-electron chi connectivity index (χ0n) is 8.66. The lowest BCUT2D eigenvalue weighted by atomic mass is 10.2. The molecule has 0 aromatic heterocycles. The van der Waals surface area contributed by atoms with Gasteiger partial charge in [-0.05, 0) is 33.1 Å². The zero-order valence-corrected chi connectivity index (χ0v) is 8.66. The molecule has 0 fully saturated rings. The molecule has 0 aliphatic heterocycles. The van der Waals surface area contributed by atoms with Gasteiger partial charge in [0.1, 0.15) is 0 Å². The molecule has 0 saturated carbocycles. The molecule has 0 spiro atoms. The van der Waals surface area contributed by atoms with Crippen molar-refractivity contribution in [2.75, 3.05) is 13.2 Å². The summed E-state index contributed by atoms with van der Waals surface area (Å²) in [4.78, 5) is 0. The Morgan fingerprint density at radius 1 is 1.00 bits per heavy atom. The van der Waals surface area contributed by atoms with Crippen molar-refractivity contribution in [2.45, 2.75) is 45.3 Å². The van der Waals surface area contributed by atoms with Crippen LogP contribution in [0.3, 0.4) is 0 Å². The van der Waals surface area contributed by atoms with Gasteiger partial charge in [0.2, 0.25) is 0 Å². The molecule has 1 aliphatic carbocycles. The van der Waals surface area contributed by atoms with Crippen LogP contribution in [0.5, 0.6) is 0 Å². The van der Waals surface area contributed by atoms with E-state index in [1.165, 1.54) is 6.42 Å². The van der Waals surface area contributed by atoms with Gasteiger partial charge >= 0.3 is 0 Å². The van der Waals surface area contributed by atoms with Crippen LogP contribution in [0.1, 0.15) is 33.1 Å². The van der Waals surface area contributed by atoms with Gasteiger partial charge in [-0.25, -0.2) is 0 Å². The van der Waals surface area contributed by atoms with E-state index in [4.69, 9.17) is 9.47 Å². The zero-order chi connectivity index (χ0) is 9.52. The molecule has 0 heterocycles. The van der Waals surface area contributed by atoms with Crippen LogP contribution in [-0.4, -0.2) is 25.4 Å². The van der Waals surface area contributed by atoms with Crippen LogP contribution < -0.4 is 0 Å². The molecule has 0 radical (unpaired) electrons. The molecule has 0 N–H and O–H groups in total. The summed E-state index contributed by atoms with van der Waals surface area (Å²) in [6, 6.07) is 0. The molecule has 2 nitrogen and oxygen atoms in total. The summed E-state index contributed by atoms with van der Waals surface area (Å²) in [5.41, 5.74) is 0. The van der Waals surface area contributed by atoms with Crippen molar-refractivity contribution < 1.29 is 9.47 Å². The largest absolute Gasteiger partial charge is 0.374 e. The van der Waals surface area contributed by atoms with E-state index in [2.05, 4.69) is 12.2 Å². The van der Waals surface area contributed by atoms with Crippen LogP contribution in [-0.2, 0) is 9.47 Å². The first-order valence-electron chi connectivity index (χ1n) is 5.28. The molecule has 76 valence electrons. The number of ether oxygens (including phenoxy) is 2. The molecule has 0 aromatic rings. The highest BCUT2D eigenvalue weighted by atomic mass is 16.5. The van der Waals surface area contributed by atoms with Crippen LogP contribution in [0.2, 0.25) is 0 Å². The van der Waals surface area contributed by atoms with Crippen molar-refractivity contribution in [1.29, 1.82) is 0 Å².